The Hall–Kier alpha value is -3.85. The number of benzene rings is 2. The number of nitrogens with one attached hydrogen (secondary N) is 3. The summed E-state index contributed by atoms with van der Waals surface area (Å²) in [5.74, 6) is 2.17. The Morgan fingerprint density at radius 2 is 1.97 bits per heavy atom. The van der Waals surface area contributed by atoms with E-state index in [9.17, 15) is 0 Å². The van der Waals surface area contributed by atoms with E-state index in [0.717, 1.165) is 22.6 Å². The van der Waals surface area contributed by atoms with Gasteiger partial charge in [0.05, 0.1) is 18.9 Å². The van der Waals surface area contributed by atoms with Crippen LogP contribution in [0.4, 0.5) is 11.6 Å². The first-order valence-electron chi connectivity index (χ1n) is 8.94. The molecular formula is C20H18ClN7O2. The van der Waals surface area contributed by atoms with Gasteiger partial charge in [0.2, 0.25) is 11.7 Å². The minimum atomic E-state index is -0.360. The second kappa shape index (κ2) is 7.88. The van der Waals surface area contributed by atoms with E-state index in [4.69, 9.17) is 14.6 Å². The minimum Gasteiger partial charge on any atom is -0.497 e. The number of nitrogens with zero attached hydrogens (tertiary/aromatic N) is 4. The molecule has 0 bridgehead atoms. The topological polar surface area (TPSA) is 116 Å². The largest absolute Gasteiger partial charge is 0.497 e. The molecule has 1 unspecified atom stereocenters. The van der Waals surface area contributed by atoms with Gasteiger partial charge in [0.15, 0.2) is 0 Å². The Morgan fingerprint density at radius 3 is 2.70 bits per heavy atom. The zero-order chi connectivity index (χ0) is 19.8. The lowest BCUT2D eigenvalue weighted by Crippen LogP contribution is -2.42. The fourth-order valence-corrected chi connectivity index (χ4v) is 3.44. The molecule has 0 fully saturated rings. The van der Waals surface area contributed by atoms with Crippen LogP contribution in [-0.2, 0) is 0 Å². The molecule has 10 heteroatoms. The summed E-state index contributed by atoms with van der Waals surface area (Å²) in [7, 11) is 1.63. The van der Waals surface area contributed by atoms with Crippen molar-refractivity contribution in [2.75, 3.05) is 17.3 Å². The van der Waals surface area contributed by atoms with Gasteiger partial charge in [0.1, 0.15) is 17.8 Å². The normalized spacial score (nSPS) is 15.2. The molecule has 0 aliphatic carbocycles. The van der Waals surface area contributed by atoms with E-state index in [1.807, 2.05) is 53.4 Å². The predicted octanol–water partition coefficient (Wildman–Crippen LogP) is 3.85. The number of fused-ring (bicyclic) bond motifs is 1. The molecule has 1 aliphatic rings. The average Bonchev–Trinajstić information content (AvgIpc) is 3.46. The molecular weight excluding hydrogens is 406 g/mol. The van der Waals surface area contributed by atoms with Gasteiger partial charge in [-0.3, -0.25) is 5.41 Å². The highest BCUT2D eigenvalue weighted by molar-refractivity contribution is 6.13. The standard InChI is InChI=1S/C20H17N7O2.ClH/c1-28-15-7-5-14(6-8-15)27-17(21)16-9-10-29-20(16)22-19(27)13-4-2-3-12(11-13)18-23-25-26-24-18;/h2-11,19,21-22H,1H3,(H,23,24,25,26);1H. The summed E-state index contributed by atoms with van der Waals surface area (Å²) in [5, 5.41) is 26.4. The molecule has 0 radical (unpaired) electrons. The molecule has 2 aromatic heterocycles. The molecule has 2 aromatic carbocycles. The molecule has 0 spiro atoms. The Kier molecular flexibility index (Phi) is 5.11. The summed E-state index contributed by atoms with van der Waals surface area (Å²) in [6.07, 6.45) is 1.22. The molecule has 0 amide bonds. The van der Waals surface area contributed by atoms with Crippen LogP contribution in [0.25, 0.3) is 11.4 Å². The monoisotopic (exact) mass is 423 g/mol. The van der Waals surface area contributed by atoms with Crippen LogP contribution in [0.1, 0.15) is 17.3 Å². The fourth-order valence-electron chi connectivity index (χ4n) is 3.44. The maximum atomic E-state index is 8.81. The van der Waals surface area contributed by atoms with Crippen LogP contribution in [0.2, 0.25) is 0 Å². The van der Waals surface area contributed by atoms with Gasteiger partial charge in [-0.15, -0.1) is 22.6 Å². The Labute approximate surface area is 178 Å². The Morgan fingerprint density at radius 1 is 1.13 bits per heavy atom. The molecule has 3 heterocycles. The van der Waals surface area contributed by atoms with Crippen molar-refractivity contribution in [3.63, 3.8) is 0 Å². The Balaban J connectivity index is 0.00000218. The third-order valence-corrected chi connectivity index (χ3v) is 4.84. The van der Waals surface area contributed by atoms with Gasteiger partial charge in [-0.2, -0.15) is 5.21 Å². The highest BCUT2D eigenvalue weighted by Crippen LogP contribution is 2.38. The number of halogens is 1. The third-order valence-electron chi connectivity index (χ3n) is 4.84. The number of methoxy groups -OCH3 is 1. The quantitative estimate of drug-likeness (QED) is 0.456. The van der Waals surface area contributed by atoms with Crippen molar-refractivity contribution < 1.29 is 9.15 Å². The number of furan rings is 1. The summed E-state index contributed by atoms with van der Waals surface area (Å²) in [6, 6.07) is 17.2. The van der Waals surface area contributed by atoms with Gasteiger partial charge in [-0.05, 0) is 47.2 Å². The highest BCUT2D eigenvalue weighted by atomic mass is 35.5. The van der Waals surface area contributed by atoms with Crippen molar-refractivity contribution in [3.8, 4) is 17.1 Å². The zero-order valence-corrected chi connectivity index (χ0v) is 16.7. The zero-order valence-electron chi connectivity index (χ0n) is 15.9. The molecule has 5 rings (SSSR count). The highest BCUT2D eigenvalue weighted by Gasteiger charge is 2.33. The van der Waals surface area contributed by atoms with E-state index in [2.05, 4.69) is 25.9 Å². The SMILES string of the molecule is COc1ccc(N2C(=N)c3ccoc3NC2c2cccc(-c3nn[nH]n3)c2)cc1.Cl. The van der Waals surface area contributed by atoms with Gasteiger partial charge >= 0.3 is 0 Å². The van der Waals surface area contributed by atoms with Crippen LogP contribution in [0.3, 0.4) is 0 Å². The lowest BCUT2D eigenvalue weighted by atomic mass is 10.0. The lowest BCUT2D eigenvalue weighted by molar-refractivity contribution is 0.415. The first-order valence-corrected chi connectivity index (χ1v) is 8.94. The maximum absolute atomic E-state index is 8.81. The van der Waals surface area contributed by atoms with Crippen LogP contribution >= 0.6 is 12.4 Å². The number of ether oxygens (including phenoxy) is 1. The van der Waals surface area contributed by atoms with E-state index in [1.165, 1.54) is 0 Å². The number of rotatable bonds is 4. The van der Waals surface area contributed by atoms with Gasteiger partial charge in [-0.25, -0.2) is 0 Å². The number of tetrazole rings is 1. The number of amidine groups is 1. The van der Waals surface area contributed by atoms with Crippen molar-refractivity contribution in [3.05, 3.63) is 72.0 Å². The average molecular weight is 424 g/mol. The summed E-state index contributed by atoms with van der Waals surface area (Å²) in [5.41, 5.74) is 3.30. The van der Waals surface area contributed by atoms with Crippen molar-refractivity contribution in [2.24, 2.45) is 0 Å². The molecule has 0 saturated heterocycles. The van der Waals surface area contributed by atoms with Crippen molar-refractivity contribution >= 4 is 29.8 Å². The van der Waals surface area contributed by atoms with E-state index < -0.39 is 0 Å². The number of anilines is 2. The van der Waals surface area contributed by atoms with Crippen molar-refractivity contribution in [2.45, 2.75) is 6.17 Å². The lowest BCUT2D eigenvalue weighted by Gasteiger charge is -2.38. The Bertz CT molecular complexity index is 1160. The molecule has 1 atom stereocenters. The second-order valence-corrected chi connectivity index (χ2v) is 6.49. The van der Waals surface area contributed by atoms with E-state index >= 15 is 0 Å². The van der Waals surface area contributed by atoms with Crippen LogP contribution in [0.15, 0.2) is 65.3 Å². The summed E-state index contributed by atoms with van der Waals surface area (Å²) >= 11 is 0. The van der Waals surface area contributed by atoms with Gasteiger partial charge in [0.25, 0.3) is 0 Å². The van der Waals surface area contributed by atoms with E-state index in [-0.39, 0.29) is 18.6 Å². The molecule has 152 valence electrons. The fraction of sp³-hybridized carbons (Fsp3) is 0.100. The van der Waals surface area contributed by atoms with Crippen LogP contribution in [-0.4, -0.2) is 33.6 Å². The third kappa shape index (κ3) is 3.25. The van der Waals surface area contributed by atoms with E-state index in [1.54, 1.807) is 19.4 Å². The van der Waals surface area contributed by atoms with Gasteiger partial charge in [-0.1, -0.05) is 18.2 Å². The minimum absolute atomic E-state index is 0. The van der Waals surface area contributed by atoms with Crippen LogP contribution in [0, 0.1) is 5.41 Å². The number of aromatic amines is 1. The van der Waals surface area contributed by atoms with Crippen LogP contribution < -0.4 is 15.0 Å². The number of H-pyrrole nitrogens is 1. The van der Waals surface area contributed by atoms with E-state index in [0.29, 0.717) is 23.1 Å². The predicted molar refractivity (Wildman–Crippen MR) is 114 cm³/mol. The van der Waals surface area contributed by atoms with Crippen molar-refractivity contribution in [1.29, 1.82) is 5.41 Å². The molecule has 1 aliphatic heterocycles. The first-order chi connectivity index (χ1) is 14.2. The second-order valence-electron chi connectivity index (χ2n) is 6.49. The number of aromatic nitrogens is 4. The molecule has 9 nitrogen and oxygen atoms in total. The molecule has 0 saturated carbocycles. The summed E-state index contributed by atoms with van der Waals surface area (Å²) in [4.78, 5) is 1.91. The molecule has 3 N–H and O–H groups in total. The van der Waals surface area contributed by atoms with Gasteiger partial charge in [0, 0.05) is 11.3 Å². The number of hydrogen-bond acceptors (Lipinski definition) is 7. The summed E-state index contributed by atoms with van der Waals surface area (Å²) < 4.78 is 10.8. The van der Waals surface area contributed by atoms with Crippen molar-refractivity contribution in [1.82, 2.24) is 20.6 Å². The maximum Gasteiger partial charge on any atom is 0.205 e. The van der Waals surface area contributed by atoms with Gasteiger partial charge < -0.3 is 19.4 Å². The smallest absolute Gasteiger partial charge is 0.205 e. The number of hydrogen-bond donors (Lipinski definition) is 3. The molecule has 30 heavy (non-hydrogen) atoms. The summed E-state index contributed by atoms with van der Waals surface area (Å²) in [6.45, 7) is 0. The molecule has 4 aromatic rings. The van der Waals surface area contributed by atoms with Crippen LogP contribution in [0.5, 0.6) is 5.75 Å². The first kappa shape index (κ1) is 19.5.